The van der Waals surface area contributed by atoms with Crippen LogP contribution in [0.4, 0.5) is 26.3 Å². The summed E-state index contributed by atoms with van der Waals surface area (Å²) in [6.45, 7) is -0.0340. The number of rotatable bonds is 2. The lowest BCUT2D eigenvalue weighted by atomic mass is 9.96. The molecular weight excluding hydrogens is 426 g/mol. The number of carbonyl (C=O) groups is 1. The molecule has 1 aromatic carbocycles. The van der Waals surface area contributed by atoms with Crippen LogP contribution in [0.3, 0.4) is 0 Å². The van der Waals surface area contributed by atoms with Crippen LogP contribution < -0.4 is 0 Å². The molecule has 0 radical (unpaired) electrons. The lowest BCUT2D eigenvalue weighted by molar-refractivity contribution is -0.183. The molecule has 1 aliphatic rings. The molecule has 164 valence electrons. The fourth-order valence-electron chi connectivity index (χ4n) is 3.72. The van der Waals surface area contributed by atoms with E-state index < -0.39 is 29.7 Å². The van der Waals surface area contributed by atoms with Gasteiger partial charge in [-0.1, -0.05) is 0 Å². The highest BCUT2D eigenvalue weighted by Crippen LogP contribution is 2.38. The minimum atomic E-state index is -4.62. The van der Waals surface area contributed by atoms with E-state index >= 15 is 0 Å². The lowest BCUT2D eigenvalue weighted by Crippen LogP contribution is -2.42. The molecule has 1 fully saturated rings. The fourth-order valence-corrected chi connectivity index (χ4v) is 3.72. The fraction of sp³-hybridized carbons (Fsp3) is 0.333. The van der Waals surface area contributed by atoms with Gasteiger partial charge >= 0.3 is 12.4 Å². The molecule has 0 unspecified atom stereocenters. The summed E-state index contributed by atoms with van der Waals surface area (Å²) in [6, 6.07) is 6.67. The minimum absolute atomic E-state index is 0.0170. The zero-order valence-electron chi connectivity index (χ0n) is 15.9. The summed E-state index contributed by atoms with van der Waals surface area (Å²) in [6.07, 6.45) is -6.83. The van der Waals surface area contributed by atoms with Crippen molar-refractivity contribution in [3.8, 4) is 11.3 Å². The van der Waals surface area contributed by atoms with Crippen molar-refractivity contribution in [3.63, 3.8) is 0 Å². The van der Waals surface area contributed by atoms with E-state index in [1.165, 1.54) is 41.6 Å². The van der Waals surface area contributed by atoms with Crippen molar-refractivity contribution in [3.05, 3.63) is 53.9 Å². The molecule has 10 heteroatoms. The highest BCUT2D eigenvalue weighted by atomic mass is 19.4. The number of hydrogen-bond acceptors (Lipinski definition) is 3. The second-order valence-electron chi connectivity index (χ2n) is 7.40. The molecule has 1 amide bonds. The first-order valence-corrected chi connectivity index (χ1v) is 9.45. The van der Waals surface area contributed by atoms with Crippen molar-refractivity contribution in [2.75, 3.05) is 13.1 Å². The quantitative estimate of drug-likeness (QED) is 0.463. The van der Waals surface area contributed by atoms with Crippen molar-refractivity contribution in [1.29, 1.82) is 0 Å². The van der Waals surface area contributed by atoms with Gasteiger partial charge in [-0.15, -0.1) is 0 Å². The number of furan rings is 1. The van der Waals surface area contributed by atoms with Gasteiger partial charge in [-0.05, 0) is 43.2 Å². The number of halogens is 6. The standard InChI is InChI=1S/C21H16F6N2O2/c22-20(23,24)15-3-6-29(7-4-15)19(30)13-1-2-17(28-11-13)14-9-12-5-8-31-18(12)16(10-14)21(25,26)27/h1-2,5,8-11,15H,3-4,6-7H2. The maximum absolute atomic E-state index is 13.4. The summed E-state index contributed by atoms with van der Waals surface area (Å²) in [5.74, 6) is -1.88. The molecule has 1 aliphatic heterocycles. The van der Waals surface area contributed by atoms with E-state index in [4.69, 9.17) is 4.42 Å². The van der Waals surface area contributed by atoms with Crippen LogP contribution in [0.15, 0.2) is 47.2 Å². The first kappa shape index (κ1) is 21.2. The van der Waals surface area contributed by atoms with Crippen LogP contribution in [0.2, 0.25) is 0 Å². The molecule has 0 aliphatic carbocycles. The Labute approximate surface area is 172 Å². The van der Waals surface area contributed by atoms with Crippen molar-refractivity contribution in [1.82, 2.24) is 9.88 Å². The zero-order valence-corrected chi connectivity index (χ0v) is 15.9. The molecule has 0 bridgehead atoms. The van der Waals surface area contributed by atoms with Gasteiger partial charge in [0, 0.05) is 30.2 Å². The summed E-state index contributed by atoms with van der Waals surface area (Å²) in [5.41, 5.74) is -0.619. The number of alkyl halides is 6. The molecule has 4 rings (SSSR count). The van der Waals surface area contributed by atoms with Crippen LogP contribution in [0, 0.1) is 5.92 Å². The first-order valence-electron chi connectivity index (χ1n) is 9.45. The van der Waals surface area contributed by atoms with Crippen molar-refractivity contribution >= 4 is 16.9 Å². The third-order valence-electron chi connectivity index (χ3n) is 5.41. The normalized spacial score (nSPS) is 16.1. The van der Waals surface area contributed by atoms with E-state index in [1.807, 2.05) is 0 Å². The van der Waals surface area contributed by atoms with Crippen molar-refractivity contribution in [2.24, 2.45) is 5.92 Å². The first-order chi connectivity index (χ1) is 14.5. The number of aromatic nitrogens is 1. The molecule has 0 spiro atoms. The van der Waals surface area contributed by atoms with Crippen molar-refractivity contribution < 1.29 is 35.6 Å². The Morgan fingerprint density at radius 2 is 1.74 bits per heavy atom. The summed E-state index contributed by atoms with van der Waals surface area (Å²) in [4.78, 5) is 18.0. The van der Waals surface area contributed by atoms with Gasteiger partial charge in [0.25, 0.3) is 5.91 Å². The van der Waals surface area contributed by atoms with Gasteiger partial charge in [0.1, 0.15) is 5.58 Å². The molecule has 3 aromatic rings. The minimum Gasteiger partial charge on any atom is -0.464 e. The number of piperidine rings is 1. The second kappa shape index (κ2) is 7.58. The van der Waals surface area contributed by atoms with Crippen LogP contribution in [0.5, 0.6) is 0 Å². The number of fused-ring (bicyclic) bond motifs is 1. The molecule has 31 heavy (non-hydrogen) atoms. The Hall–Kier alpha value is -3.04. The van der Waals surface area contributed by atoms with Gasteiger partial charge in [-0.25, -0.2) is 0 Å². The predicted octanol–water partition coefficient (Wildman–Crippen LogP) is 5.93. The second-order valence-corrected chi connectivity index (χ2v) is 7.40. The van der Waals surface area contributed by atoms with Crippen LogP contribution >= 0.6 is 0 Å². The number of pyridine rings is 1. The van der Waals surface area contributed by atoms with Crippen LogP contribution in [-0.4, -0.2) is 35.1 Å². The third-order valence-corrected chi connectivity index (χ3v) is 5.41. The predicted molar refractivity (Wildman–Crippen MR) is 99.1 cm³/mol. The highest BCUT2D eigenvalue weighted by molar-refractivity contribution is 5.94. The third kappa shape index (κ3) is 4.24. The Morgan fingerprint density at radius 1 is 1.03 bits per heavy atom. The smallest absolute Gasteiger partial charge is 0.420 e. The van der Waals surface area contributed by atoms with E-state index in [0.29, 0.717) is 0 Å². The zero-order chi connectivity index (χ0) is 22.4. The summed E-state index contributed by atoms with van der Waals surface area (Å²) in [5, 5.41) is 0.263. The molecule has 3 heterocycles. The highest BCUT2D eigenvalue weighted by Gasteiger charge is 2.41. The number of carbonyl (C=O) groups excluding carboxylic acids is 1. The van der Waals surface area contributed by atoms with Crippen LogP contribution in [0.1, 0.15) is 28.8 Å². The SMILES string of the molecule is O=C(c1ccc(-c2cc(C(F)(F)F)c3occc3c2)nc1)N1CCC(C(F)(F)F)CC1. The maximum Gasteiger partial charge on any atom is 0.420 e. The molecule has 2 aromatic heterocycles. The average molecular weight is 442 g/mol. The van der Waals surface area contributed by atoms with Gasteiger partial charge in [0.2, 0.25) is 0 Å². The summed E-state index contributed by atoms with van der Waals surface area (Å²) < 4.78 is 83.4. The Balaban J connectivity index is 1.55. The Morgan fingerprint density at radius 3 is 2.32 bits per heavy atom. The number of amides is 1. The molecular formula is C21H16F6N2O2. The Kier molecular flexibility index (Phi) is 5.18. The lowest BCUT2D eigenvalue weighted by Gasteiger charge is -2.32. The number of likely N-dealkylation sites (tertiary alicyclic amines) is 1. The van der Waals surface area contributed by atoms with Gasteiger partial charge < -0.3 is 9.32 Å². The van der Waals surface area contributed by atoms with Gasteiger partial charge in [0.05, 0.1) is 29.0 Å². The van der Waals surface area contributed by atoms with Gasteiger partial charge in [0.15, 0.2) is 0 Å². The monoisotopic (exact) mass is 442 g/mol. The molecule has 1 saturated heterocycles. The molecule has 4 nitrogen and oxygen atoms in total. The number of nitrogens with zero attached hydrogens (tertiary/aromatic N) is 2. The van der Waals surface area contributed by atoms with Crippen LogP contribution in [0.25, 0.3) is 22.2 Å². The van der Waals surface area contributed by atoms with E-state index in [9.17, 15) is 31.1 Å². The van der Waals surface area contributed by atoms with Crippen molar-refractivity contribution in [2.45, 2.75) is 25.2 Å². The largest absolute Gasteiger partial charge is 0.464 e. The van der Waals surface area contributed by atoms with Gasteiger partial charge in [-0.2, -0.15) is 26.3 Å². The topological polar surface area (TPSA) is 46.3 Å². The van der Waals surface area contributed by atoms with E-state index in [2.05, 4.69) is 4.98 Å². The average Bonchev–Trinajstić information content (AvgIpc) is 3.20. The summed E-state index contributed by atoms with van der Waals surface area (Å²) in [7, 11) is 0. The number of hydrogen-bond donors (Lipinski definition) is 0. The molecule has 0 N–H and O–H groups in total. The van der Waals surface area contributed by atoms with E-state index in [1.54, 1.807) is 0 Å². The van der Waals surface area contributed by atoms with E-state index in [-0.39, 0.29) is 53.7 Å². The maximum atomic E-state index is 13.4. The molecule has 0 saturated carbocycles. The van der Waals surface area contributed by atoms with E-state index in [0.717, 1.165) is 6.07 Å². The summed E-state index contributed by atoms with van der Waals surface area (Å²) >= 11 is 0. The Bertz CT molecular complexity index is 1090. The number of benzene rings is 1. The molecule has 0 atom stereocenters. The van der Waals surface area contributed by atoms with Gasteiger partial charge in [-0.3, -0.25) is 9.78 Å². The van der Waals surface area contributed by atoms with Crippen LogP contribution in [-0.2, 0) is 6.18 Å².